The van der Waals surface area contributed by atoms with E-state index < -0.39 is 33.7 Å². The zero-order valence-corrected chi connectivity index (χ0v) is 21.3. The molecule has 196 valence electrons. The summed E-state index contributed by atoms with van der Waals surface area (Å²) >= 11 is 0. The standard InChI is InChI=1S/C30H26N4O5/c1-2-17-12-13-23-21(15-17)30(28(37)32-23)29(20-9-3-4-10-22(20)31-27(29)36)25(24-11-6-14-33(24)30)26(35)18-7-5-8-19(16-18)34(38)39/h3-5,7-10,12-13,15-16,24-25H,2,6,11,14H2,1H3,(H,31,36)(H,32,37)/t24-,25+,29-,30-/m1/s1. The third-order valence-electron chi connectivity index (χ3n) is 9.19. The number of rotatable bonds is 4. The van der Waals surface area contributed by atoms with Gasteiger partial charge in [0.25, 0.3) is 11.6 Å². The van der Waals surface area contributed by atoms with Crippen LogP contribution < -0.4 is 10.6 Å². The van der Waals surface area contributed by atoms with Crippen molar-refractivity contribution in [3.05, 3.63) is 99.1 Å². The highest BCUT2D eigenvalue weighted by molar-refractivity contribution is 6.21. The van der Waals surface area contributed by atoms with Crippen molar-refractivity contribution in [2.45, 2.75) is 43.2 Å². The van der Waals surface area contributed by atoms with Crippen molar-refractivity contribution >= 4 is 34.7 Å². The molecule has 3 aromatic carbocycles. The summed E-state index contributed by atoms with van der Waals surface area (Å²) in [5, 5.41) is 17.6. The van der Waals surface area contributed by atoms with Crippen LogP contribution >= 0.6 is 0 Å². The molecule has 0 saturated carbocycles. The number of nitrogens with zero attached hydrogens (tertiary/aromatic N) is 2. The van der Waals surface area contributed by atoms with Gasteiger partial charge >= 0.3 is 0 Å². The van der Waals surface area contributed by atoms with Crippen LogP contribution in [-0.2, 0) is 27.0 Å². The van der Waals surface area contributed by atoms with E-state index in [0.29, 0.717) is 35.5 Å². The van der Waals surface area contributed by atoms with Crippen molar-refractivity contribution in [3.8, 4) is 0 Å². The molecule has 0 aliphatic carbocycles. The number of hydrogen-bond acceptors (Lipinski definition) is 6. The number of amides is 2. The van der Waals surface area contributed by atoms with Crippen LogP contribution in [0.15, 0.2) is 66.7 Å². The molecule has 9 heteroatoms. The zero-order chi connectivity index (χ0) is 27.1. The molecule has 0 aromatic heterocycles. The molecule has 0 radical (unpaired) electrons. The van der Waals surface area contributed by atoms with Crippen LogP contribution in [0.5, 0.6) is 0 Å². The van der Waals surface area contributed by atoms with E-state index in [2.05, 4.69) is 15.5 Å². The Kier molecular flexibility index (Phi) is 4.91. The van der Waals surface area contributed by atoms with Crippen molar-refractivity contribution in [2.75, 3.05) is 17.2 Å². The number of carbonyl (C=O) groups is 3. The number of aryl methyl sites for hydroxylation is 1. The summed E-state index contributed by atoms with van der Waals surface area (Å²) in [7, 11) is 0. The smallest absolute Gasteiger partial charge is 0.270 e. The third kappa shape index (κ3) is 2.75. The normalized spacial score (nSPS) is 28.3. The molecule has 0 unspecified atom stereocenters. The van der Waals surface area contributed by atoms with E-state index >= 15 is 0 Å². The number of carbonyl (C=O) groups excluding carboxylic acids is 3. The number of nitrogens with one attached hydrogen (secondary N) is 2. The fraction of sp³-hybridized carbons (Fsp3) is 0.300. The number of non-ortho nitro benzene ring substituents is 1. The number of benzene rings is 3. The molecule has 4 atom stereocenters. The average molecular weight is 523 g/mol. The highest BCUT2D eigenvalue weighted by atomic mass is 16.6. The second-order valence-electron chi connectivity index (χ2n) is 10.8. The van der Waals surface area contributed by atoms with E-state index in [1.807, 2.05) is 43.3 Å². The van der Waals surface area contributed by atoms with Gasteiger partial charge in [0.05, 0.1) is 10.8 Å². The van der Waals surface area contributed by atoms with Crippen molar-refractivity contribution in [1.29, 1.82) is 0 Å². The van der Waals surface area contributed by atoms with Gasteiger partial charge in [-0.25, -0.2) is 0 Å². The molecule has 4 aliphatic rings. The van der Waals surface area contributed by atoms with Gasteiger partial charge < -0.3 is 10.6 Å². The predicted octanol–water partition coefficient (Wildman–Crippen LogP) is 4.17. The predicted molar refractivity (Wildman–Crippen MR) is 144 cm³/mol. The lowest BCUT2D eigenvalue weighted by atomic mass is 9.57. The van der Waals surface area contributed by atoms with Gasteiger partial charge in [0, 0.05) is 40.7 Å². The highest BCUT2D eigenvalue weighted by Crippen LogP contribution is 2.67. The number of anilines is 2. The summed E-state index contributed by atoms with van der Waals surface area (Å²) in [6, 6.07) is 18.4. The second-order valence-corrected chi connectivity index (χ2v) is 10.8. The number of hydrogen-bond donors (Lipinski definition) is 2. The number of ketones is 1. The van der Waals surface area contributed by atoms with Crippen molar-refractivity contribution in [3.63, 3.8) is 0 Å². The fourth-order valence-corrected chi connectivity index (χ4v) is 7.80. The SMILES string of the molecule is CCc1ccc2c(c1)[C@]1(C(=O)N2)N2CCC[C@@H]2[C@@H](C(=O)c2cccc([N+](=O)[O-])c2)[C@]12C(=O)Nc1ccccc12. The largest absolute Gasteiger partial charge is 0.325 e. The first-order valence-electron chi connectivity index (χ1n) is 13.3. The molecule has 4 heterocycles. The van der Waals surface area contributed by atoms with Gasteiger partial charge in [-0.2, -0.15) is 0 Å². The average Bonchev–Trinajstić information content (AvgIpc) is 3.66. The molecule has 4 aliphatic heterocycles. The second kappa shape index (κ2) is 8.07. The van der Waals surface area contributed by atoms with Gasteiger partial charge in [-0.1, -0.05) is 49.4 Å². The number of Topliss-reactive ketones (excluding diaryl/α,β-unsaturated/α-hetero) is 1. The van der Waals surface area contributed by atoms with E-state index in [1.165, 1.54) is 18.2 Å². The molecular weight excluding hydrogens is 496 g/mol. The Morgan fingerprint density at radius 3 is 2.56 bits per heavy atom. The number of para-hydroxylation sites is 1. The molecule has 7 rings (SSSR count). The molecule has 39 heavy (non-hydrogen) atoms. The molecular formula is C30H26N4O5. The van der Waals surface area contributed by atoms with Gasteiger partial charge in [0.1, 0.15) is 11.0 Å². The summed E-state index contributed by atoms with van der Waals surface area (Å²) in [6.45, 7) is 2.58. The Balaban J connectivity index is 1.57. The first-order chi connectivity index (χ1) is 18.8. The van der Waals surface area contributed by atoms with Crippen LogP contribution in [0.2, 0.25) is 0 Å². The Morgan fingerprint density at radius 1 is 1.00 bits per heavy atom. The summed E-state index contributed by atoms with van der Waals surface area (Å²) in [6.07, 6.45) is 2.13. The number of nitro benzene ring substituents is 1. The van der Waals surface area contributed by atoms with Crippen molar-refractivity contribution in [1.82, 2.24) is 4.90 Å². The Morgan fingerprint density at radius 2 is 1.77 bits per heavy atom. The quantitative estimate of drug-likeness (QED) is 0.301. The van der Waals surface area contributed by atoms with E-state index in [9.17, 15) is 24.5 Å². The molecule has 9 nitrogen and oxygen atoms in total. The van der Waals surface area contributed by atoms with Gasteiger partial charge in [-0.05, 0) is 49.1 Å². The summed E-state index contributed by atoms with van der Waals surface area (Å²) < 4.78 is 0. The lowest BCUT2D eigenvalue weighted by molar-refractivity contribution is -0.384. The third-order valence-corrected chi connectivity index (χ3v) is 9.19. The minimum atomic E-state index is -1.57. The van der Waals surface area contributed by atoms with Gasteiger partial charge in [0.15, 0.2) is 5.78 Å². The Hall–Kier alpha value is -4.37. The Labute approximate surface area is 224 Å². The lowest BCUT2D eigenvalue weighted by Gasteiger charge is -2.43. The minimum absolute atomic E-state index is 0.163. The van der Waals surface area contributed by atoms with Crippen LogP contribution in [0.4, 0.5) is 17.1 Å². The lowest BCUT2D eigenvalue weighted by Crippen LogP contribution is -2.62. The van der Waals surface area contributed by atoms with Crippen molar-refractivity contribution < 1.29 is 19.3 Å². The maximum absolute atomic E-state index is 14.6. The van der Waals surface area contributed by atoms with Gasteiger partial charge in [-0.3, -0.25) is 29.4 Å². The first-order valence-corrected chi connectivity index (χ1v) is 13.3. The monoisotopic (exact) mass is 522 g/mol. The molecule has 2 saturated heterocycles. The van der Waals surface area contributed by atoms with Crippen LogP contribution in [0.3, 0.4) is 0 Å². The molecule has 2 spiro atoms. The topological polar surface area (TPSA) is 122 Å². The van der Waals surface area contributed by atoms with Crippen LogP contribution in [0.1, 0.15) is 46.8 Å². The molecule has 2 amide bonds. The number of nitro groups is 1. The van der Waals surface area contributed by atoms with Gasteiger partial charge in [-0.15, -0.1) is 0 Å². The molecule has 0 bridgehead atoms. The van der Waals surface area contributed by atoms with E-state index in [1.54, 1.807) is 12.1 Å². The first kappa shape index (κ1) is 23.7. The molecule has 2 fully saturated rings. The number of fused-ring (bicyclic) bond motifs is 7. The summed E-state index contributed by atoms with van der Waals surface area (Å²) in [4.78, 5) is 56.6. The highest BCUT2D eigenvalue weighted by Gasteiger charge is 2.81. The minimum Gasteiger partial charge on any atom is -0.325 e. The maximum Gasteiger partial charge on any atom is 0.270 e. The van der Waals surface area contributed by atoms with Crippen molar-refractivity contribution in [2.24, 2.45) is 5.92 Å². The summed E-state index contributed by atoms with van der Waals surface area (Å²) in [5.74, 6) is -2.02. The Bertz CT molecular complexity index is 1620. The van der Waals surface area contributed by atoms with Gasteiger partial charge in [0.2, 0.25) is 5.91 Å². The molecule has 2 N–H and O–H groups in total. The summed E-state index contributed by atoms with van der Waals surface area (Å²) in [5.41, 5.74) is 0.503. The van der Waals surface area contributed by atoms with Crippen LogP contribution in [0.25, 0.3) is 0 Å². The van der Waals surface area contributed by atoms with E-state index in [4.69, 9.17) is 0 Å². The van der Waals surface area contributed by atoms with E-state index in [0.717, 1.165) is 18.4 Å². The fourth-order valence-electron chi connectivity index (χ4n) is 7.80. The maximum atomic E-state index is 14.6. The van der Waals surface area contributed by atoms with Crippen LogP contribution in [-0.4, -0.2) is 40.0 Å². The molecule has 3 aromatic rings. The zero-order valence-electron chi connectivity index (χ0n) is 21.3. The van der Waals surface area contributed by atoms with E-state index in [-0.39, 0.29) is 22.9 Å². The van der Waals surface area contributed by atoms with Crippen LogP contribution in [0, 0.1) is 16.0 Å².